The largest absolute Gasteiger partial charge is 0.399 e. The Labute approximate surface area is 408 Å². The molecule has 5 rings (SSSR count). The third-order valence-electron chi connectivity index (χ3n) is 12.5. The highest BCUT2D eigenvalue weighted by molar-refractivity contribution is 8.00. The molecule has 372 valence electrons. The van der Waals surface area contributed by atoms with Crippen LogP contribution in [-0.4, -0.2) is 104 Å². The first-order valence-corrected chi connectivity index (χ1v) is 25.2. The van der Waals surface area contributed by atoms with Gasteiger partial charge in [0.2, 0.25) is 24.1 Å². The molecule has 2 aliphatic heterocycles. The Morgan fingerprint density at radius 3 is 2.29 bits per heavy atom. The normalized spacial score (nSPS) is 20.9. The number of allylic oxidation sites excluding steroid dienone is 3. The summed E-state index contributed by atoms with van der Waals surface area (Å²) >= 11 is 1.87. The first kappa shape index (κ1) is 55.4. The predicted molar refractivity (Wildman–Crippen MR) is 276 cm³/mol. The van der Waals surface area contributed by atoms with Crippen LogP contribution in [0.2, 0.25) is 0 Å². The van der Waals surface area contributed by atoms with Crippen LogP contribution in [0.4, 0.5) is 17.1 Å². The Morgan fingerprint density at radius 1 is 0.926 bits per heavy atom. The number of hydrogen-bond donors (Lipinski definition) is 8. The molecule has 4 amide bonds. The quantitative estimate of drug-likeness (QED) is 0.0173. The van der Waals surface area contributed by atoms with Gasteiger partial charge in [-0.25, -0.2) is 0 Å². The highest BCUT2D eigenvalue weighted by Gasteiger charge is 2.48. The van der Waals surface area contributed by atoms with Gasteiger partial charge in [-0.2, -0.15) is 11.8 Å². The lowest BCUT2D eigenvalue weighted by Crippen LogP contribution is -2.64. The van der Waals surface area contributed by atoms with Crippen molar-refractivity contribution in [2.24, 2.45) is 5.92 Å². The molecule has 0 bridgehead atoms. The summed E-state index contributed by atoms with van der Waals surface area (Å²) < 4.78 is 4.25. The minimum atomic E-state index is -0.755. The summed E-state index contributed by atoms with van der Waals surface area (Å²) in [7, 11) is 5.17. The van der Waals surface area contributed by atoms with Crippen LogP contribution in [0.3, 0.4) is 0 Å². The van der Waals surface area contributed by atoms with E-state index in [4.69, 9.17) is 5.73 Å². The zero-order valence-corrected chi connectivity index (χ0v) is 41.5. The average Bonchev–Trinajstić information content (AvgIpc) is 3.72. The number of anilines is 3. The number of amides is 4. The molecule has 0 spiro atoms. The van der Waals surface area contributed by atoms with Crippen molar-refractivity contribution >= 4 is 53.0 Å². The van der Waals surface area contributed by atoms with Crippen molar-refractivity contribution in [1.29, 1.82) is 0 Å². The molecule has 9 N–H and O–H groups in total. The van der Waals surface area contributed by atoms with Gasteiger partial charge in [-0.3, -0.25) is 19.2 Å². The van der Waals surface area contributed by atoms with Gasteiger partial charge in [0.05, 0.1) is 18.2 Å². The molecule has 0 radical (unpaired) electrons. The lowest BCUT2D eigenvalue weighted by molar-refractivity contribution is -0.129. The van der Waals surface area contributed by atoms with E-state index in [1.807, 2.05) is 96.5 Å². The summed E-state index contributed by atoms with van der Waals surface area (Å²) in [4.78, 5) is 52.4. The number of ether oxygens (including phenoxy) is 1. The van der Waals surface area contributed by atoms with E-state index in [9.17, 15) is 29.4 Å². The second-order valence-corrected chi connectivity index (χ2v) is 18.9. The third-order valence-corrected chi connectivity index (χ3v) is 14.0. The van der Waals surface area contributed by atoms with Gasteiger partial charge in [0.15, 0.2) is 0 Å². The van der Waals surface area contributed by atoms with E-state index in [0.717, 1.165) is 60.2 Å². The molecule has 3 aromatic rings. The molecule has 0 aliphatic carbocycles. The van der Waals surface area contributed by atoms with E-state index in [-0.39, 0.29) is 48.2 Å². The maximum absolute atomic E-state index is 13.4. The summed E-state index contributed by atoms with van der Waals surface area (Å²) in [6, 6.07) is 23.9. The fourth-order valence-electron chi connectivity index (χ4n) is 8.90. The third kappa shape index (κ3) is 17.7. The first-order valence-electron chi connectivity index (χ1n) is 24.2. The van der Waals surface area contributed by atoms with Gasteiger partial charge < -0.3 is 52.2 Å². The van der Waals surface area contributed by atoms with Crippen LogP contribution in [-0.2, 0) is 30.3 Å². The molecule has 15 heteroatoms. The summed E-state index contributed by atoms with van der Waals surface area (Å²) in [5, 5.41) is 37.8. The molecule has 3 aromatic carbocycles. The predicted octanol–water partition coefficient (Wildman–Crippen LogP) is 6.80. The van der Waals surface area contributed by atoms with Gasteiger partial charge in [0.25, 0.3) is 0 Å². The Morgan fingerprint density at radius 2 is 1.62 bits per heavy atom. The van der Waals surface area contributed by atoms with Crippen LogP contribution >= 0.6 is 11.8 Å². The van der Waals surface area contributed by atoms with Gasteiger partial charge in [-0.1, -0.05) is 86.0 Å². The number of carbonyl (C=O) groups excluding carboxylic acids is 4. The van der Waals surface area contributed by atoms with Crippen molar-refractivity contribution in [1.82, 2.24) is 21.3 Å². The number of aliphatic hydroxyl groups excluding tert-OH is 2. The van der Waals surface area contributed by atoms with Crippen molar-refractivity contribution in [3.05, 3.63) is 114 Å². The smallest absolute Gasteiger partial charge is 0.242 e. The van der Waals surface area contributed by atoms with Crippen molar-refractivity contribution in [2.45, 2.75) is 133 Å². The number of nitrogens with two attached hydrogens (primary N) is 1. The Hall–Kier alpha value is -5.19. The monoisotopic (exact) mass is 956 g/mol. The number of benzene rings is 3. The van der Waals surface area contributed by atoms with E-state index < -0.39 is 18.4 Å². The van der Waals surface area contributed by atoms with Crippen LogP contribution < -0.4 is 37.2 Å². The van der Waals surface area contributed by atoms with Gasteiger partial charge in [-0.05, 0) is 106 Å². The van der Waals surface area contributed by atoms with E-state index in [0.29, 0.717) is 68.1 Å². The Bertz CT molecular complexity index is 2020. The number of likely N-dealkylation sites (N-methyl/N-ethyl adjacent to an activating group) is 1. The maximum atomic E-state index is 13.4. The van der Waals surface area contributed by atoms with E-state index in [2.05, 4.69) is 57.3 Å². The number of rotatable bonds is 27. The minimum absolute atomic E-state index is 0.0448. The number of carbonyl (C=O) groups is 4. The molecule has 2 fully saturated rings. The highest BCUT2D eigenvalue weighted by Crippen LogP contribution is 2.43. The Balaban J connectivity index is 0.00000327. The van der Waals surface area contributed by atoms with Crippen molar-refractivity contribution in [3.63, 3.8) is 0 Å². The highest BCUT2D eigenvalue weighted by atomic mass is 32.2. The summed E-state index contributed by atoms with van der Waals surface area (Å²) in [5.74, 6) is 0.245. The second kappa shape index (κ2) is 30.3. The topological polar surface area (TPSA) is 207 Å². The molecule has 2 saturated heterocycles. The van der Waals surface area contributed by atoms with Crippen LogP contribution in [0.25, 0.3) is 0 Å². The zero-order valence-electron chi connectivity index (χ0n) is 40.7. The molecule has 0 aromatic heterocycles. The lowest BCUT2D eigenvalue weighted by atomic mass is 9.77. The molecule has 14 nitrogen and oxygen atoms in total. The number of thioether (sulfide) groups is 1. The van der Waals surface area contributed by atoms with Crippen molar-refractivity contribution in [2.75, 3.05) is 49.5 Å². The maximum Gasteiger partial charge on any atom is 0.242 e. The van der Waals surface area contributed by atoms with E-state index >= 15 is 0 Å². The number of methoxy groups -OCH3 is 1. The van der Waals surface area contributed by atoms with Gasteiger partial charge in [0, 0.05) is 80.1 Å². The lowest BCUT2D eigenvalue weighted by Gasteiger charge is -2.55. The second-order valence-electron chi connectivity index (χ2n) is 17.7. The van der Waals surface area contributed by atoms with Gasteiger partial charge in [0.1, 0.15) is 12.3 Å². The first-order chi connectivity index (χ1) is 32.9. The molecule has 0 saturated carbocycles. The minimum Gasteiger partial charge on any atom is -0.399 e. The van der Waals surface area contributed by atoms with E-state index in [1.54, 1.807) is 26.4 Å². The molecular weight excluding hydrogens is 879 g/mol. The summed E-state index contributed by atoms with van der Waals surface area (Å²) in [6.45, 7) is 4.53. The molecular formula is C53H77N7O7S. The summed E-state index contributed by atoms with van der Waals surface area (Å²) in [6.07, 6.45) is 13.4. The standard InChI is InChI=1S/C51H71N7O6S.C2H6O/c1-4-5-8-15-35(2)49-41(29-30-44(60)37-16-9-6-10-17-37)51(64)58(49)40-27-25-39(26-28-40)56-46(61)20-13-14-31-54-50(63)42(32-36-21-23-38(52)24-22-36)57-47(62)19-12-7-11-18-45-48(53-3)43(33-65-45)55-34-59;1-3-2/h5-6,8-10,15-17,21-28,34,41-45,48-49,51,53,60,64H,4,7,11-14,18-20,29-33,52H2,1-3H3,(H,54,63)(H,55,59)(H,56,61)(H,57,62);1-2H3/b8-5-,35-15+;. The molecule has 2 aliphatic rings. The molecule has 68 heavy (non-hydrogen) atoms. The zero-order chi connectivity index (χ0) is 49.3. The molecule has 8 atom stereocenters. The molecule has 2 heterocycles. The van der Waals surface area contributed by atoms with Crippen molar-refractivity contribution in [3.8, 4) is 0 Å². The number of nitrogen functional groups attached to an aromatic ring is 1. The van der Waals surface area contributed by atoms with Crippen LogP contribution in [0, 0.1) is 5.92 Å². The fraction of sp³-hybridized carbons (Fsp3) is 0.509. The number of aliphatic hydroxyl groups is 2. The Kier molecular flexibility index (Phi) is 24.7. The fourth-order valence-corrected chi connectivity index (χ4v) is 10.5. The SMILES string of the molecule is CC/C=C\C=C(/C)C1C(CCC(O)c2ccccc2)C(O)N1c1ccc(NC(=O)CCCCNC(=O)C(Cc2ccc(N)cc2)NC(=O)CCCCCC2SCC(NC=O)C2NC)cc1.COC. The summed E-state index contributed by atoms with van der Waals surface area (Å²) in [5.41, 5.74) is 10.9. The van der Waals surface area contributed by atoms with Crippen LogP contribution in [0.1, 0.15) is 102 Å². The van der Waals surface area contributed by atoms with E-state index in [1.165, 1.54) is 0 Å². The average molecular weight is 956 g/mol. The van der Waals surface area contributed by atoms with Gasteiger partial charge >= 0.3 is 0 Å². The van der Waals surface area contributed by atoms with Crippen LogP contribution in [0.5, 0.6) is 0 Å². The number of hydrogen-bond acceptors (Lipinski definition) is 11. The molecule has 8 unspecified atom stereocenters. The number of nitrogens with one attached hydrogen (secondary N) is 5. The van der Waals surface area contributed by atoms with Gasteiger partial charge in [-0.15, -0.1) is 0 Å². The van der Waals surface area contributed by atoms with Crippen molar-refractivity contribution < 1.29 is 34.1 Å². The number of nitrogens with zero attached hydrogens (tertiary/aromatic N) is 1. The number of unbranched alkanes of at least 4 members (excludes halogenated alkanes) is 3. The van der Waals surface area contributed by atoms with Crippen LogP contribution in [0.15, 0.2) is 103 Å².